The molecule has 2 heterocycles. The molecule has 0 aromatic heterocycles. The van der Waals surface area contributed by atoms with E-state index in [-0.39, 0.29) is 17.3 Å². The summed E-state index contributed by atoms with van der Waals surface area (Å²) in [5.41, 5.74) is 3.08. The Balaban J connectivity index is 1.31. The minimum Gasteiger partial charge on any atom is -0.482 e. The number of hydrogen-bond donors (Lipinski definition) is 4. The summed E-state index contributed by atoms with van der Waals surface area (Å²) in [6.07, 6.45) is 7.18. The molecule has 3 unspecified atom stereocenters. The number of amides is 1. The molecule has 1 amide bonds. The van der Waals surface area contributed by atoms with Crippen LogP contribution >= 0.6 is 36.3 Å². The number of thiol groups is 1. The summed E-state index contributed by atoms with van der Waals surface area (Å²) in [7, 11) is 0. The van der Waals surface area contributed by atoms with Crippen molar-refractivity contribution in [3.63, 3.8) is 0 Å². The van der Waals surface area contributed by atoms with Gasteiger partial charge in [0.1, 0.15) is 16.9 Å². The molecule has 2 aliphatic heterocycles. The van der Waals surface area contributed by atoms with Crippen molar-refractivity contribution in [3.8, 4) is 28.7 Å². The Kier molecular flexibility index (Phi) is 8.93. The van der Waals surface area contributed by atoms with E-state index >= 15 is 0 Å². The molecule has 2 aromatic rings. The van der Waals surface area contributed by atoms with E-state index < -0.39 is 4.93 Å². The van der Waals surface area contributed by atoms with E-state index in [1.807, 2.05) is 82.3 Å². The van der Waals surface area contributed by atoms with E-state index in [0.717, 1.165) is 22.4 Å². The maximum Gasteiger partial charge on any atom is 0.269 e. The number of carbonyl (C=O) groups excluding carboxylic acids is 1. The molecule has 7 nitrogen and oxygen atoms in total. The van der Waals surface area contributed by atoms with Crippen LogP contribution in [0.5, 0.6) is 5.75 Å². The Morgan fingerprint density at radius 1 is 1.28 bits per heavy atom. The van der Waals surface area contributed by atoms with Crippen LogP contribution in [-0.2, 0) is 4.79 Å². The lowest BCUT2D eigenvalue weighted by atomic mass is 10.0. The number of rotatable bonds is 8. The van der Waals surface area contributed by atoms with Gasteiger partial charge < -0.3 is 20.5 Å². The third-order valence-corrected chi connectivity index (χ3v) is 7.86. The van der Waals surface area contributed by atoms with Gasteiger partial charge in [0.25, 0.3) is 6.17 Å². The minimum atomic E-state index is -0.951. The molecule has 3 atom stereocenters. The summed E-state index contributed by atoms with van der Waals surface area (Å²) < 4.78 is 9.61. The van der Waals surface area contributed by atoms with Crippen molar-refractivity contribution in [2.45, 2.75) is 23.3 Å². The second kappa shape index (κ2) is 12.1. The Hall–Kier alpha value is -2.55. The summed E-state index contributed by atoms with van der Waals surface area (Å²) in [4.78, 5) is 10.3. The van der Waals surface area contributed by atoms with Gasteiger partial charge in [-0.15, -0.1) is 11.8 Å². The van der Waals surface area contributed by atoms with Gasteiger partial charge in [0.2, 0.25) is 5.91 Å². The van der Waals surface area contributed by atoms with Crippen LogP contribution in [0.15, 0.2) is 60.9 Å². The number of nitrogens with zero attached hydrogens (tertiary/aromatic N) is 2. The summed E-state index contributed by atoms with van der Waals surface area (Å²) in [6.45, 7) is 2.73. The van der Waals surface area contributed by atoms with Gasteiger partial charge >= 0.3 is 0 Å². The molecule has 2 aromatic carbocycles. The van der Waals surface area contributed by atoms with E-state index in [4.69, 9.17) is 4.74 Å². The number of thioether (sulfide) groups is 1. The second-order valence-electron chi connectivity index (χ2n) is 8.35. The summed E-state index contributed by atoms with van der Waals surface area (Å²) in [5.74, 6) is 7.60. The van der Waals surface area contributed by atoms with Crippen molar-refractivity contribution in [2.75, 3.05) is 25.4 Å². The summed E-state index contributed by atoms with van der Waals surface area (Å²) in [5, 5.41) is 16.2. The monoisotopic (exact) mass is 541 g/mol. The van der Waals surface area contributed by atoms with Crippen LogP contribution in [0.4, 0.5) is 0 Å². The average Bonchev–Trinajstić information content (AvgIpc) is 3.52. The largest absolute Gasteiger partial charge is 0.482 e. The zero-order chi connectivity index (χ0) is 25.5. The fourth-order valence-electron chi connectivity index (χ4n) is 3.63. The van der Waals surface area contributed by atoms with Crippen LogP contribution in [0.2, 0.25) is 0 Å². The second-order valence-corrected chi connectivity index (χ2v) is 11.1. The smallest absolute Gasteiger partial charge is 0.269 e. The molecule has 188 valence electrons. The van der Waals surface area contributed by atoms with Crippen molar-refractivity contribution in [1.29, 1.82) is 0 Å². The maximum atomic E-state index is 11.2. The lowest BCUT2D eigenvalue weighted by molar-refractivity contribution is -0.506. The van der Waals surface area contributed by atoms with Gasteiger partial charge in [-0.1, -0.05) is 36.1 Å². The van der Waals surface area contributed by atoms with Gasteiger partial charge in [0, 0.05) is 5.56 Å². The van der Waals surface area contributed by atoms with E-state index in [1.54, 1.807) is 6.92 Å². The lowest BCUT2D eigenvalue weighted by Gasteiger charge is -2.24. The number of carbonyl (C=O) groups is 1. The van der Waals surface area contributed by atoms with Gasteiger partial charge in [0.05, 0.1) is 19.4 Å². The fourth-order valence-corrected chi connectivity index (χ4v) is 4.96. The first-order chi connectivity index (χ1) is 17.3. The molecular formula is C26H29N4O3S3+. The standard InChI is InChI=1S/C26H28N4O3S3/c1-26(32,35-2)25-27-13-14-29(25)15-23(34)12-5-19-3-6-20(7-4-19)21-8-10-22(11-9-21)33-18-36-30-16-24(31)28-17-30/h3-4,6-11,13-15,23,25,27,32H,16-18H2,1-2H3,(H-,28,31,34)/p+1/b29-15-. The summed E-state index contributed by atoms with van der Waals surface area (Å²) in [6, 6.07) is 16.0. The molecule has 4 rings (SSSR count). The molecule has 2 aliphatic rings. The number of aliphatic hydroxyl groups is 1. The van der Waals surface area contributed by atoms with Crippen LogP contribution in [0.3, 0.4) is 0 Å². The highest BCUT2D eigenvalue weighted by Gasteiger charge is 2.41. The predicted octanol–water partition coefficient (Wildman–Crippen LogP) is 2.93. The third kappa shape index (κ3) is 7.02. The lowest BCUT2D eigenvalue weighted by Crippen LogP contribution is -2.48. The van der Waals surface area contributed by atoms with E-state index in [1.165, 1.54) is 23.7 Å². The third-order valence-electron chi connectivity index (χ3n) is 5.70. The first-order valence-corrected chi connectivity index (χ1v) is 14.0. The first kappa shape index (κ1) is 26.5. The molecule has 36 heavy (non-hydrogen) atoms. The SMILES string of the molecule is CSC(C)(O)C1NC=C/[N+]1=C/C(S)C#Cc1ccc(-c2ccc(OCSN3CNC(=O)C3)cc2)cc1. The van der Waals surface area contributed by atoms with Gasteiger partial charge in [-0.25, -0.2) is 4.31 Å². The van der Waals surface area contributed by atoms with Crippen molar-refractivity contribution >= 4 is 48.5 Å². The van der Waals surface area contributed by atoms with E-state index in [0.29, 0.717) is 19.2 Å². The molecule has 0 saturated carbocycles. The molecule has 1 saturated heterocycles. The van der Waals surface area contributed by atoms with Gasteiger partial charge in [-0.3, -0.25) is 4.79 Å². The fraction of sp³-hybridized carbons (Fsp3) is 0.308. The normalized spacial score (nSPS) is 20.8. The highest BCUT2D eigenvalue weighted by atomic mass is 32.2. The first-order valence-electron chi connectivity index (χ1n) is 11.3. The van der Waals surface area contributed by atoms with Crippen molar-refractivity contribution in [3.05, 3.63) is 66.5 Å². The Bertz CT molecular complexity index is 1190. The van der Waals surface area contributed by atoms with Crippen LogP contribution in [0.25, 0.3) is 11.1 Å². The van der Waals surface area contributed by atoms with Crippen molar-refractivity contribution in [1.82, 2.24) is 14.9 Å². The molecule has 0 bridgehead atoms. The Morgan fingerprint density at radius 2 is 1.97 bits per heavy atom. The molecule has 0 radical (unpaired) electrons. The van der Waals surface area contributed by atoms with Gasteiger partial charge in [-0.05, 0) is 60.5 Å². The average molecular weight is 542 g/mol. The number of benzene rings is 2. The Labute approximate surface area is 225 Å². The van der Waals surface area contributed by atoms with Crippen LogP contribution in [0, 0.1) is 11.8 Å². The van der Waals surface area contributed by atoms with Gasteiger partial charge in [0.15, 0.2) is 17.3 Å². The predicted molar refractivity (Wildman–Crippen MR) is 151 cm³/mol. The minimum absolute atomic E-state index is 0.0414. The zero-order valence-electron chi connectivity index (χ0n) is 20.0. The number of hydrogen-bond acceptors (Lipinski definition) is 8. The summed E-state index contributed by atoms with van der Waals surface area (Å²) >= 11 is 7.46. The Morgan fingerprint density at radius 3 is 2.61 bits per heavy atom. The van der Waals surface area contributed by atoms with E-state index in [9.17, 15) is 9.90 Å². The van der Waals surface area contributed by atoms with Crippen LogP contribution in [0.1, 0.15) is 12.5 Å². The zero-order valence-corrected chi connectivity index (χ0v) is 22.6. The van der Waals surface area contributed by atoms with Crippen molar-refractivity contribution in [2.24, 2.45) is 0 Å². The number of ether oxygens (including phenoxy) is 1. The molecule has 0 aliphatic carbocycles. The molecule has 3 N–H and O–H groups in total. The topological polar surface area (TPSA) is 76.8 Å². The highest BCUT2D eigenvalue weighted by Crippen LogP contribution is 2.26. The maximum absolute atomic E-state index is 11.2. The number of nitrogens with one attached hydrogen (secondary N) is 2. The van der Waals surface area contributed by atoms with Crippen LogP contribution in [-0.4, -0.2) is 67.9 Å². The highest BCUT2D eigenvalue weighted by molar-refractivity contribution is 7.99. The molecule has 0 spiro atoms. The van der Waals surface area contributed by atoms with Crippen molar-refractivity contribution < 1.29 is 19.2 Å². The van der Waals surface area contributed by atoms with Gasteiger partial charge in [-0.2, -0.15) is 17.2 Å². The molecular weight excluding hydrogens is 513 g/mol. The molecule has 10 heteroatoms. The quantitative estimate of drug-likeness (QED) is 0.135. The molecule has 1 fully saturated rings. The van der Waals surface area contributed by atoms with Crippen LogP contribution < -0.4 is 15.4 Å². The van der Waals surface area contributed by atoms with E-state index in [2.05, 4.69) is 35.1 Å².